The van der Waals surface area contributed by atoms with E-state index in [4.69, 9.17) is 5.11 Å². The van der Waals surface area contributed by atoms with Crippen LogP contribution in [0.15, 0.2) is 4.63 Å². The monoisotopic (exact) mass is 324 g/mol. The predicted octanol–water partition coefficient (Wildman–Crippen LogP) is 0.0751. The van der Waals surface area contributed by atoms with E-state index >= 15 is 0 Å². The second-order valence-electron chi connectivity index (χ2n) is 5.43. The minimum Gasteiger partial charge on any atom is -0.476 e. The number of aryl methyl sites for hydroxylation is 1. The third kappa shape index (κ3) is 4.27. The highest BCUT2D eigenvalue weighted by molar-refractivity contribution is 5.86. The van der Waals surface area contributed by atoms with Crippen molar-refractivity contribution in [2.75, 3.05) is 19.6 Å². The summed E-state index contributed by atoms with van der Waals surface area (Å²) in [4.78, 5) is 36.2. The van der Waals surface area contributed by atoms with Crippen LogP contribution in [0, 0.1) is 5.92 Å². The van der Waals surface area contributed by atoms with Crippen LogP contribution >= 0.6 is 0 Å². The Morgan fingerprint density at radius 3 is 2.91 bits per heavy atom. The Balaban J connectivity index is 1.74. The third-order valence-corrected chi connectivity index (χ3v) is 3.90. The van der Waals surface area contributed by atoms with Crippen molar-refractivity contribution in [2.24, 2.45) is 5.92 Å². The standard InChI is InChI=1S/C14H20N4O5/c1-2-18-8-9(5-6-11(18)19)13(20)15-7-3-4-10-12(14(21)22)17-23-16-10/h9H,2-8H2,1H3,(H,15,20)(H,21,22). The van der Waals surface area contributed by atoms with E-state index in [1.807, 2.05) is 6.92 Å². The number of aromatic nitrogens is 2. The molecular weight excluding hydrogens is 304 g/mol. The highest BCUT2D eigenvalue weighted by Gasteiger charge is 2.29. The second kappa shape index (κ2) is 7.70. The molecule has 23 heavy (non-hydrogen) atoms. The van der Waals surface area contributed by atoms with E-state index < -0.39 is 5.97 Å². The first-order chi connectivity index (χ1) is 11.0. The number of carbonyl (C=O) groups excluding carboxylic acids is 2. The lowest BCUT2D eigenvalue weighted by Gasteiger charge is -2.31. The molecule has 126 valence electrons. The zero-order chi connectivity index (χ0) is 16.8. The first-order valence-electron chi connectivity index (χ1n) is 7.63. The van der Waals surface area contributed by atoms with E-state index in [0.29, 0.717) is 45.3 Å². The fourth-order valence-corrected chi connectivity index (χ4v) is 2.58. The van der Waals surface area contributed by atoms with Gasteiger partial charge >= 0.3 is 5.97 Å². The minimum atomic E-state index is -1.18. The summed E-state index contributed by atoms with van der Waals surface area (Å²) in [6.07, 6.45) is 1.86. The van der Waals surface area contributed by atoms with Crippen LogP contribution in [0.3, 0.4) is 0 Å². The van der Waals surface area contributed by atoms with Crippen LogP contribution in [0.1, 0.15) is 42.4 Å². The third-order valence-electron chi connectivity index (χ3n) is 3.90. The van der Waals surface area contributed by atoms with Gasteiger partial charge in [0.2, 0.25) is 17.5 Å². The lowest BCUT2D eigenvalue weighted by molar-refractivity contribution is -0.138. The maximum absolute atomic E-state index is 12.1. The smallest absolute Gasteiger partial charge is 0.360 e. The van der Waals surface area contributed by atoms with E-state index in [1.54, 1.807) is 4.90 Å². The van der Waals surface area contributed by atoms with Crippen molar-refractivity contribution in [3.8, 4) is 0 Å². The van der Waals surface area contributed by atoms with Crippen LogP contribution in [0.25, 0.3) is 0 Å². The molecule has 9 nitrogen and oxygen atoms in total. The number of likely N-dealkylation sites (tertiary alicyclic amines) is 1. The van der Waals surface area contributed by atoms with Gasteiger partial charge in [0.15, 0.2) is 0 Å². The first kappa shape index (κ1) is 16.9. The van der Waals surface area contributed by atoms with Gasteiger partial charge in [0, 0.05) is 26.1 Å². The predicted molar refractivity (Wildman–Crippen MR) is 77.6 cm³/mol. The van der Waals surface area contributed by atoms with Crippen molar-refractivity contribution < 1.29 is 24.1 Å². The van der Waals surface area contributed by atoms with E-state index in [0.717, 1.165) is 0 Å². The molecular formula is C14H20N4O5. The maximum atomic E-state index is 12.1. The molecule has 0 aliphatic carbocycles. The van der Waals surface area contributed by atoms with Crippen LogP contribution in [-0.2, 0) is 16.0 Å². The minimum absolute atomic E-state index is 0.0762. The van der Waals surface area contributed by atoms with Gasteiger partial charge in [0.25, 0.3) is 0 Å². The van der Waals surface area contributed by atoms with Crippen molar-refractivity contribution in [3.05, 3.63) is 11.4 Å². The van der Waals surface area contributed by atoms with Gasteiger partial charge in [-0.15, -0.1) is 0 Å². The first-order valence-corrected chi connectivity index (χ1v) is 7.63. The number of nitrogens with zero attached hydrogens (tertiary/aromatic N) is 3. The van der Waals surface area contributed by atoms with Gasteiger partial charge in [0.1, 0.15) is 5.69 Å². The average molecular weight is 324 g/mol. The number of hydrogen-bond acceptors (Lipinski definition) is 6. The molecule has 0 radical (unpaired) electrons. The van der Waals surface area contributed by atoms with Crippen molar-refractivity contribution in [1.29, 1.82) is 0 Å². The summed E-state index contributed by atoms with van der Waals surface area (Å²) in [5, 5.41) is 18.6. The molecule has 0 saturated carbocycles. The molecule has 1 aliphatic heterocycles. The summed E-state index contributed by atoms with van der Waals surface area (Å²) in [5.41, 5.74) is 0.0767. The molecule has 2 amide bonds. The zero-order valence-electron chi connectivity index (χ0n) is 12.9. The molecule has 1 fully saturated rings. The SMILES string of the molecule is CCN1CC(C(=O)NCCCc2nonc2C(=O)O)CCC1=O. The Bertz CT molecular complexity index is 585. The second-order valence-corrected chi connectivity index (χ2v) is 5.43. The Morgan fingerprint density at radius 2 is 2.22 bits per heavy atom. The molecule has 2 rings (SSSR count). The number of aromatic carboxylic acids is 1. The molecule has 0 spiro atoms. The molecule has 1 aromatic heterocycles. The molecule has 9 heteroatoms. The fourth-order valence-electron chi connectivity index (χ4n) is 2.58. The van der Waals surface area contributed by atoms with Crippen molar-refractivity contribution >= 4 is 17.8 Å². The van der Waals surface area contributed by atoms with Gasteiger partial charge in [-0.3, -0.25) is 9.59 Å². The van der Waals surface area contributed by atoms with Gasteiger partial charge in [-0.05, 0) is 31.3 Å². The molecule has 2 N–H and O–H groups in total. The van der Waals surface area contributed by atoms with E-state index in [2.05, 4.69) is 20.3 Å². The van der Waals surface area contributed by atoms with Crippen LogP contribution in [0.5, 0.6) is 0 Å². The van der Waals surface area contributed by atoms with Crippen LogP contribution in [0.2, 0.25) is 0 Å². The summed E-state index contributed by atoms with van der Waals surface area (Å²) in [7, 11) is 0. The summed E-state index contributed by atoms with van der Waals surface area (Å²) in [5.74, 6) is -1.35. The van der Waals surface area contributed by atoms with Crippen molar-refractivity contribution in [1.82, 2.24) is 20.5 Å². The number of amides is 2. The van der Waals surface area contributed by atoms with E-state index in [9.17, 15) is 14.4 Å². The Kier molecular flexibility index (Phi) is 5.67. The fraction of sp³-hybridized carbons (Fsp3) is 0.643. The van der Waals surface area contributed by atoms with Gasteiger partial charge in [0.05, 0.1) is 5.92 Å². The average Bonchev–Trinajstić information content (AvgIpc) is 3.00. The molecule has 1 aliphatic rings. The number of carboxylic acids is 1. The van der Waals surface area contributed by atoms with E-state index in [-0.39, 0.29) is 29.1 Å². The molecule has 0 aromatic carbocycles. The van der Waals surface area contributed by atoms with E-state index in [1.165, 1.54) is 0 Å². The normalized spacial score (nSPS) is 18.0. The van der Waals surface area contributed by atoms with Crippen molar-refractivity contribution in [2.45, 2.75) is 32.6 Å². The Labute approximate surface area is 133 Å². The van der Waals surface area contributed by atoms with Crippen LogP contribution < -0.4 is 5.32 Å². The van der Waals surface area contributed by atoms with Gasteiger partial charge in [-0.2, -0.15) is 0 Å². The van der Waals surface area contributed by atoms with Gasteiger partial charge in [-0.1, -0.05) is 5.16 Å². The number of nitrogens with one attached hydrogen (secondary N) is 1. The molecule has 1 saturated heterocycles. The summed E-state index contributed by atoms with van der Waals surface area (Å²) >= 11 is 0. The molecule has 1 unspecified atom stereocenters. The van der Waals surface area contributed by atoms with Gasteiger partial charge < -0.3 is 15.3 Å². The van der Waals surface area contributed by atoms with Gasteiger partial charge in [-0.25, -0.2) is 9.42 Å². The molecule has 1 atom stereocenters. The largest absolute Gasteiger partial charge is 0.476 e. The molecule has 1 aromatic rings. The Hall–Kier alpha value is -2.45. The number of carbonyl (C=O) groups is 3. The summed E-state index contributed by atoms with van der Waals surface area (Å²) in [6, 6.07) is 0. The van der Waals surface area contributed by atoms with Crippen LogP contribution in [-0.4, -0.2) is 57.7 Å². The lowest BCUT2D eigenvalue weighted by atomic mass is 9.96. The van der Waals surface area contributed by atoms with Crippen LogP contribution in [0.4, 0.5) is 0 Å². The quantitative estimate of drug-likeness (QED) is 0.680. The summed E-state index contributed by atoms with van der Waals surface area (Å²) < 4.78 is 4.41. The topological polar surface area (TPSA) is 126 Å². The highest BCUT2D eigenvalue weighted by Crippen LogP contribution is 2.17. The molecule has 0 bridgehead atoms. The number of rotatable bonds is 7. The highest BCUT2D eigenvalue weighted by atomic mass is 16.6. The zero-order valence-corrected chi connectivity index (χ0v) is 12.9. The number of carboxylic acid groups (broad SMARTS) is 1. The maximum Gasteiger partial charge on any atom is 0.360 e. The van der Waals surface area contributed by atoms with Crippen molar-refractivity contribution in [3.63, 3.8) is 0 Å². The Morgan fingerprint density at radius 1 is 1.43 bits per heavy atom. The number of hydrogen-bond donors (Lipinski definition) is 2. The number of piperidine rings is 1. The summed E-state index contributed by atoms with van der Waals surface area (Å²) in [6.45, 7) is 3.36. The molecule has 2 heterocycles. The lowest BCUT2D eigenvalue weighted by Crippen LogP contribution is -2.45.